The molecule has 4 nitrogen and oxygen atoms in total. The molecule has 0 fully saturated rings. The van der Waals surface area contributed by atoms with Crippen molar-refractivity contribution in [3.05, 3.63) is 49.0 Å². The van der Waals surface area contributed by atoms with E-state index < -0.39 is 10.0 Å². The first-order valence-electron chi connectivity index (χ1n) is 6.14. The Bertz CT molecular complexity index is 1010. The lowest BCUT2D eigenvalue weighted by atomic mass is 10.4. The van der Waals surface area contributed by atoms with Crippen molar-refractivity contribution in [3.8, 4) is 10.6 Å². The Hall–Kier alpha value is -0.540. The molecule has 2 aromatic heterocycles. The molecule has 0 amide bonds. The van der Waals surface area contributed by atoms with Gasteiger partial charge in [-0.05, 0) is 23.6 Å². The molecule has 11 heteroatoms. The number of nitrogens with zero attached hydrogens (tertiary/aromatic N) is 1. The SMILES string of the molecule is O=S(=O)(Nc1nc(-c2sccc2Cl)cs1)c1cc(Cl)c(Cl)cc1Cl. The number of aromatic nitrogens is 1. The van der Waals surface area contributed by atoms with Crippen molar-refractivity contribution in [3.63, 3.8) is 0 Å². The van der Waals surface area contributed by atoms with E-state index in [0.29, 0.717) is 10.7 Å². The number of hydrogen-bond acceptors (Lipinski definition) is 5. The Morgan fingerprint density at radius 1 is 0.958 bits per heavy atom. The van der Waals surface area contributed by atoms with Crippen LogP contribution in [0.4, 0.5) is 5.13 Å². The molecule has 126 valence electrons. The summed E-state index contributed by atoms with van der Waals surface area (Å²) < 4.78 is 27.4. The Labute approximate surface area is 166 Å². The van der Waals surface area contributed by atoms with E-state index in [2.05, 4.69) is 9.71 Å². The van der Waals surface area contributed by atoms with E-state index in [1.807, 2.05) is 5.38 Å². The molecule has 2 heterocycles. The summed E-state index contributed by atoms with van der Waals surface area (Å²) in [6, 6.07) is 4.22. The van der Waals surface area contributed by atoms with Crippen molar-refractivity contribution in [2.24, 2.45) is 0 Å². The highest BCUT2D eigenvalue weighted by atomic mass is 35.5. The van der Waals surface area contributed by atoms with Gasteiger partial charge in [-0.3, -0.25) is 4.72 Å². The molecule has 0 atom stereocenters. The number of benzene rings is 1. The van der Waals surface area contributed by atoms with Crippen LogP contribution in [0.1, 0.15) is 0 Å². The van der Waals surface area contributed by atoms with Crippen molar-refractivity contribution >= 4 is 84.2 Å². The zero-order valence-corrected chi connectivity index (χ0v) is 16.9. The first kappa shape index (κ1) is 18.3. The third-order valence-corrected chi connectivity index (χ3v) is 7.62. The van der Waals surface area contributed by atoms with Gasteiger partial charge in [0, 0.05) is 5.38 Å². The van der Waals surface area contributed by atoms with Crippen LogP contribution in [-0.4, -0.2) is 13.4 Å². The zero-order chi connectivity index (χ0) is 17.5. The van der Waals surface area contributed by atoms with Crippen molar-refractivity contribution in [1.29, 1.82) is 0 Å². The number of sulfonamides is 1. The van der Waals surface area contributed by atoms with Crippen LogP contribution < -0.4 is 4.72 Å². The van der Waals surface area contributed by atoms with E-state index in [9.17, 15) is 8.42 Å². The lowest BCUT2D eigenvalue weighted by Gasteiger charge is -2.08. The minimum Gasteiger partial charge on any atom is -0.255 e. The topological polar surface area (TPSA) is 59.1 Å². The third kappa shape index (κ3) is 3.67. The fourth-order valence-corrected chi connectivity index (χ4v) is 5.93. The van der Waals surface area contributed by atoms with Gasteiger partial charge in [0.15, 0.2) is 5.13 Å². The molecule has 0 aliphatic carbocycles. The van der Waals surface area contributed by atoms with Crippen LogP contribution in [-0.2, 0) is 10.0 Å². The van der Waals surface area contributed by atoms with E-state index in [4.69, 9.17) is 46.4 Å². The monoisotopic (exact) mass is 458 g/mol. The van der Waals surface area contributed by atoms with E-state index in [-0.39, 0.29) is 25.1 Å². The van der Waals surface area contributed by atoms with Gasteiger partial charge in [0.05, 0.1) is 30.7 Å². The maximum absolute atomic E-state index is 12.5. The number of thiophene rings is 1. The van der Waals surface area contributed by atoms with Crippen molar-refractivity contribution in [2.75, 3.05) is 4.72 Å². The second kappa shape index (κ2) is 6.99. The molecule has 0 aliphatic heterocycles. The first-order valence-corrected chi connectivity index (χ1v) is 10.9. The highest BCUT2D eigenvalue weighted by molar-refractivity contribution is 7.93. The largest absolute Gasteiger partial charge is 0.265 e. The number of anilines is 1. The van der Waals surface area contributed by atoms with E-state index >= 15 is 0 Å². The summed E-state index contributed by atoms with van der Waals surface area (Å²) in [7, 11) is -3.96. The fourth-order valence-electron chi connectivity index (χ4n) is 1.78. The third-order valence-electron chi connectivity index (χ3n) is 2.84. The molecule has 24 heavy (non-hydrogen) atoms. The zero-order valence-electron chi connectivity index (χ0n) is 11.4. The Kier molecular flexibility index (Phi) is 5.32. The number of hydrogen-bond donors (Lipinski definition) is 1. The molecule has 0 aliphatic rings. The minimum absolute atomic E-state index is 0.0324. The van der Waals surface area contributed by atoms with Crippen LogP contribution in [0.5, 0.6) is 0 Å². The van der Waals surface area contributed by atoms with Gasteiger partial charge in [0.25, 0.3) is 10.0 Å². The summed E-state index contributed by atoms with van der Waals surface area (Å²) in [6.45, 7) is 0. The molecule has 0 spiro atoms. The normalized spacial score (nSPS) is 11.7. The van der Waals surface area contributed by atoms with Gasteiger partial charge >= 0.3 is 0 Å². The summed E-state index contributed by atoms with van der Waals surface area (Å²) >= 11 is 26.3. The number of rotatable bonds is 4. The Balaban J connectivity index is 1.92. The summed E-state index contributed by atoms with van der Waals surface area (Å²) in [5.74, 6) is 0. The molecule has 0 bridgehead atoms. The summed E-state index contributed by atoms with van der Waals surface area (Å²) in [5.41, 5.74) is 0.595. The summed E-state index contributed by atoms with van der Waals surface area (Å²) in [5, 5.41) is 4.53. The van der Waals surface area contributed by atoms with Gasteiger partial charge < -0.3 is 0 Å². The second-order valence-electron chi connectivity index (χ2n) is 4.44. The lowest BCUT2D eigenvalue weighted by Crippen LogP contribution is -2.13. The second-order valence-corrected chi connectivity index (χ2v) is 9.49. The standard InChI is InChI=1S/C13H6Cl4N2O2S3/c14-6-1-2-22-12(6)10-5-23-13(18-10)19-24(20,21)11-4-8(16)7(15)3-9(11)17/h1-5H,(H,18,19). The smallest absolute Gasteiger partial charge is 0.255 e. The van der Waals surface area contributed by atoms with Crippen molar-refractivity contribution in [2.45, 2.75) is 4.90 Å². The highest BCUT2D eigenvalue weighted by Crippen LogP contribution is 2.36. The van der Waals surface area contributed by atoms with Gasteiger partial charge in [-0.15, -0.1) is 22.7 Å². The Morgan fingerprint density at radius 3 is 2.33 bits per heavy atom. The van der Waals surface area contributed by atoms with Crippen LogP contribution in [0, 0.1) is 0 Å². The summed E-state index contributed by atoms with van der Waals surface area (Å²) in [4.78, 5) is 4.84. The molecular formula is C13H6Cl4N2O2S3. The number of nitrogens with one attached hydrogen (secondary N) is 1. The van der Waals surface area contributed by atoms with E-state index in [0.717, 1.165) is 16.2 Å². The van der Waals surface area contributed by atoms with Crippen molar-refractivity contribution in [1.82, 2.24) is 4.98 Å². The first-order chi connectivity index (χ1) is 11.3. The predicted octanol–water partition coefficient (Wildman–Crippen LogP) is 6.29. The maximum atomic E-state index is 12.5. The van der Waals surface area contributed by atoms with Gasteiger partial charge in [-0.1, -0.05) is 46.4 Å². The van der Waals surface area contributed by atoms with Crippen LogP contribution in [0.15, 0.2) is 33.9 Å². The molecule has 3 aromatic rings. The molecular weight excluding hydrogens is 454 g/mol. The summed E-state index contributed by atoms with van der Waals surface area (Å²) in [6.07, 6.45) is 0. The van der Waals surface area contributed by atoms with Gasteiger partial charge in [-0.2, -0.15) is 0 Å². The Morgan fingerprint density at radius 2 is 1.67 bits per heavy atom. The number of halogens is 4. The van der Waals surface area contributed by atoms with Gasteiger partial charge in [0.2, 0.25) is 0 Å². The van der Waals surface area contributed by atoms with Crippen LogP contribution >= 0.6 is 69.1 Å². The minimum atomic E-state index is -3.96. The molecule has 0 saturated heterocycles. The van der Waals surface area contributed by atoms with Crippen LogP contribution in [0.2, 0.25) is 20.1 Å². The quantitative estimate of drug-likeness (QED) is 0.466. The molecule has 0 saturated carbocycles. The molecule has 1 aromatic carbocycles. The fraction of sp³-hybridized carbons (Fsp3) is 0. The van der Waals surface area contributed by atoms with Crippen LogP contribution in [0.3, 0.4) is 0 Å². The van der Waals surface area contributed by atoms with E-state index in [1.165, 1.54) is 23.5 Å². The molecule has 3 rings (SSSR count). The molecule has 1 N–H and O–H groups in total. The lowest BCUT2D eigenvalue weighted by molar-refractivity contribution is 0.601. The van der Waals surface area contributed by atoms with Crippen LogP contribution in [0.25, 0.3) is 10.6 Å². The maximum Gasteiger partial charge on any atom is 0.265 e. The number of thiazole rings is 1. The van der Waals surface area contributed by atoms with Gasteiger partial charge in [-0.25, -0.2) is 13.4 Å². The van der Waals surface area contributed by atoms with E-state index in [1.54, 1.807) is 11.4 Å². The molecule has 0 radical (unpaired) electrons. The van der Waals surface area contributed by atoms with Gasteiger partial charge in [0.1, 0.15) is 4.90 Å². The highest BCUT2D eigenvalue weighted by Gasteiger charge is 2.22. The average Bonchev–Trinajstić information content (AvgIpc) is 3.11. The molecule has 0 unspecified atom stereocenters. The van der Waals surface area contributed by atoms with Crippen molar-refractivity contribution < 1.29 is 8.42 Å². The average molecular weight is 460 g/mol. The predicted molar refractivity (Wildman–Crippen MR) is 103 cm³/mol.